The summed E-state index contributed by atoms with van der Waals surface area (Å²) in [7, 11) is 0. The minimum absolute atomic E-state index is 0.0658. The van der Waals surface area contributed by atoms with Crippen molar-refractivity contribution in [2.45, 2.75) is 0 Å². The number of phenolic OH excluding ortho intramolecular Hbond substituents is 2. The maximum atomic E-state index is 12.9. The lowest BCUT2D eigenvalue weighted by Crippen LogP contribution is -2.54. The third kappa shape index (κ3) is 3.53. The van der Waals surface area contributed by atoms with Crippen LogP contribution in [0.5, 0.6) is 11.5 Å². The molecule has 1 aliphatic rings. The van der Waals surface area contributed by atoms with E-state index in [9.17, 15) is 19.8 Å². The van der Waals surface area contributed by atoms with E-state index < -0.39 is 11.8 Å². The van der Waals surface area contributed by atoms with E-state index in [0.29, 0.717) is 14.3 Å². The Labute approximate surface area is 172 Å². The number of thiocarbonyl (C=S) groups is 1. The first kappa shape index (κ1) is 18.6. The van der Waals surface area contributed by atoms with Crippen molar-refractivity contribution in [1.82, 2.24) is 5.32 Å². The van der Waals surface area contributed by atoms with E-state index in [-0.39, 0.29) is 27.7 Å². The summed E-state index contributed by atoms with van der Waals surface area (Å²) in [4.78, 5) is 26.3. The molecule has 1 saturated heterocycles. The zero-order valence-corrected chi connectivity index (χ0v) is 16.6. The van der Waals surface area contributed by atoms with Crippen LogP contribution in [0.15, 0.2) is 42.0 Å². The number of phenols is 2. The Morgan fingerprint density at radius 3 is 2.58 bits per heavy atom. The first-order valence-electron chi connectivity index (χ1n) is 7.16. The molecule has 0 radical (unpaired) electrons. The Balaban J connectivity index is 2.07. The van der Waals surface area contributed by atoms with Crippen molar-refractivity contribution in [2.24, 2.45) is 0 Å². The Bertz CT molecular complexity index is 993. The van der Waals surface area contributed by atoms with E-state index in [1.165, 1.54) is 12.1 Å². The van der Waals surface area contributed by atoms with Gasteiger partial charge in [-0.3, -0.25) is 19.8 Å². The Hall–Kier alpha value is -2.17. The van der Waals surface area contributed by atoms with Crippen LogP contribution in [-0.2, 0) is 9.59 Å². The maximum absolute atomic E-state index is 12.9. The fraction of sp³-hybridized carbons (Fsp3) is 0. The largest absolute Gasteiger partial charge is 0.507 e. The first-order valence-corrected chi connectivity index (χ1v) is 9.03. The smallest absolute Gasteiger partial charge is 0.270 e. The van der Waals surface area contributed by atoms with Gasteiger partial charge in [0.05, 0.1) is 9.26 Å². The lowest BCUT2D eigenvalue weighted by Gasteiger charge is -2.29. The standard InChI is InChI=1S/C17H10ClIN2O4S/c18-9-2-1-3-10(6-9)21-16(25)11(15(24)20-17(21)26)4-8-5-12(19)14(23)7-13(8)22/h1-7,22-23H,(H,20,24,26)/b11-4+. The molecule has 1 heterocycles. The zero-order chi connectivity index (χ0) is 19.0. The van der Waals surface area contributed by atoms with Crippen LogP contribution in [0, 0.1) is 3.57 Å². The van der Waals surface area contributed by atoms with Crippen LogP contribution in [-0.4, -0.2) is 27.1 Å². The van der Waals surface area contributed by atoms with E-state index in [1.54, 1.807) is 24.3 Å². The van der Waals surface area contributed by atoms with Gasteiger partial charge in [-0.05, 0) is 65.2 Å². The van der Waals surface area contributed by atoms with Gasteiger partial charge in [0.1, 0.15) is 17.1 Å². The summed E-state index contributed by atoms with van der Waals surface area (Å²) in [5.41, 5.74) is 0.405. The zero-order valence-electron chi connectivity index (χ0n) is 12.9. The molecule has 2 aromatic carbocycles. The highest BCUT2D eigenvalue weighted by Gasteiger charge is 2.34. The highest BCUT2D eigenvalue weighted by molar-refractivity contribution is 14.1. The number of rotatable bonds is 2. The van der Waals surface area contributed by atoms with Crippen molar-refractivity contribution in [3.63, 3.8) is 0 Å². The van der Waals surface area contributed by atoms with E-state index >= 15 is 0 Å². The van der Waals surface area contributed by atoms with Crippen molar-refractivity contribution in [1.29, 1.82) is 0 Å². The molecule has 2 aromatic rings. The Morgan fingerprint density at radius 2 is 1.88 bits per heavy atom. The number of hydrogen-bond acceptors (Lipinski definition) is 5. The molecule has 132 valence electrons. The van der Waals surface area contributed by atoms with Gasteiger partial charge in [-0.25, -0.2) is 0 Å². The highest BCUT2D eigenvalue weighted by Crippen LogP contribution is 2.31. The monoisotopic (exact) mass is 500 g/mol. The van der Waals surface area contributed by atoms with Gasteiger partial charge < -0.3 is 10.2 Å². The molecule has 9 heteroatoms. The summed E-state index contributed by atoms with van der Waals surface area (Å²) in [6, 6.07) is 9.07. The summed E-state index contributed by atoms with van der Waals surface area (Å²) in [6.07, 6.45) is 1.24. The van der Waals surface area contributed by atoms with Crippen molar-refractivity contribution < 1.29 is 19.8 Å². The molecule has 0 unspecified atom stereocenters. The molecule has 3 N–H and O–H groups in total. The third-order valence-corrected chi connectivity index (χ3v) is 4.95. The molecule has 6 nitrogen and oxygen atoms in total. The second-order valence-corrected chi connectivity index (χ2v) is 7.29. The molecule has 0 spiro atoms. The van der Waals surface area contributed by atoms with Crippen LogP contribution in [0.1, 0.15) is 5.56 Å². The first-order chi connectivity index (χ1) is 12.3. The number of amides is 2. The van der Waals surface area contributed by atoms with E-state index in [1.807, 2.05) is 22.6 Å². The minimum atomic E-state index is -0.680. The Kier molecular flexibility index (Phi) is 5.17. The maximum Gasteiger partial charge on any atom is 0.270 e. The highest BCUT2D eigenvalue weighted by atomic mass is 127. The number of nitrogens with one attached hydrogen (secondary N) is 1. The molecule has 0 aromatic heterocycles. The molecular formula is C17H10ClIN2O4S. The van der Waals surface area contributed by atoms with Crippen LogP contribution < -0.4 is 10.2 Å². The van der Waals surface area contributed by atoms with E-state index in [4.69, 9.17) is 23.8 Å². The second kappa shape index (κ2) is 7.22. The van der Waals surface area contributed by atoms with Crippen molar-refractivity contribution in [3.05, 3.63) is 56.1 Å². The number of aromatic hydroxyl groups is 2. The van der Waals surface area contributed by atoms with Gasteiger partial charge in [0, 0.05) is 16.7 Å². The van der Waals surface area contributed by atoms with Gasteiger partial charge in [-0.2, -0.15) is 0 Å². The normalized spacial score (nSPS) is 16.2. The number of anilines is 1. The van der Waals surface area contributed by atoms with Crippen molar-refractivity contribution in [2.75, 3.05) is 4.90 Å². The fourth-order valence-corrected chi connectivity index (χ4v) is 3.30. The molecule has 0 saturated carbocycles. The molecule has 2 amide bonds. The number of nitrogens with zero attached hydrogens (tertiary/aromatic N) is 1. The van der Waals surface area contributed by atoms with Crippen LogP contribution in [0.4, 0.5) is 5.69 Å². The van der Waals surface area contributed by atoms with Crippen molar-refractivity contribution in [3.8, 4) is 11.5 Å². The average Bonchev–Trinajstić information content (AvgIpc) is 2.56. The topological polar surface area (TPSA) is 89.9 Å². The van der Waals surface area contributed by atoms with Crippen LogP contribution in [0.3, 0.4) is 0 Å². The average molecular weight is 501 g/mol. The number of benzene rings is 2. The molecule has 0 aliphatic carbocycles. The lowest BCUT2D eigenvalue weighted by atomic mass is 10.1. The molecule has 26 heavy (non-hydrogen) atoms. The summed E-state index contributed by atoms with van der Waals surface area (Å²) in [6.45, 7) is 0. The predicted octanol–water partition coefficient (Wildman–Crippen LogP) is 3.19. The van der Waals surface area contributed by atoms with Gasteiger partial charge in [0.25, 0.3) is 11.8 Å². The molecule has 0 bridgehead atoms. The van der Waals surface area contributed by atoms with Gasteiger partial charge >= 0.3 is 0 Å². The molecular weight excluding hydrogens is 491 g/mol. The van der Waals surface area contributed by atoms with Gasteiger partial charge in [-0.1, -0.05) is 17.7 Å². The number of hydrogen-bond donors (Lipinski definition) is 3. The summed E-state index contributed by atoms with van der Waals surface area (Å²) < 4.78 is 0.457. The number of carbonyl (C=O) groups excluding carboxylic acids is 2. The summed E-state index contributed by atoms with van der Waals surface area (Å²) in [5.74, 6) is -1.70. The number of carbonyl (C=O) groups is 2. The minimum Gasteiger partial charge on any atom is -0.507 e. The van der Waals surface area contributed by atoms with Gasteiger partial charge in [0.2, 0.25) is 0 Å². The van der Waals surface area contributed by atoms with Gasteiger partial charge in [-0.15, -0.1) is 0 Å². The van der Waals surface area contributed by atoms with Crippen LogP contribution in [0.2, 0.25) is 5.02 Å². The third-order valence-electron chi connectivity index (χ3n) is 3.56. The van der Waals surface area contributed by atoms with Crippen LogP contribution >= 0.6 is 46.4 Å². The quantitative estimate of drug-likeness (QED) is 0.255. The molecule has 1 aliphatic heterocycles. The van der Waals surface area contributed by atoms with Gasteiger partial charge in [0.15, 0.2) is 5.11 Å². The second-order valence-electron chi connectivity index (χ2n) is 5.30. The summed E-state index contributed by atoms with van der Waals surface area (Å²) in [5, 5.41) is 22.4. The predicted molar refractivity (Wildman–Crippen MR) is 110 cm³/mol. The molecule has 0 atom stereocenters. The SMILES string of the molecule is O=C1NC(=S)N(c2cccc(Cl)c2)C(=O)/C1=C/c1cc(I)c(O)cc1O. The molecule has 1 fully saturated rings. The van der Waals surface area contributed by atoms with E-state index in [0.717, 1.165) is 11.0 Å². The Morgan fingerprint density at radius 1 is 1.15 bits per heavy atom. The lowest BCUT2D eigenvalue weighted by molar-refractivity contribution is -0.122. The summed E-state index contributed by atoms with van der Waals surface area (Å²) >= 11 is 12.9. The van der Waals surface area contributed by atoms with Crippen molar-refractivity contribution >= 4 is 75.1 Å². The van der Waals surface area contributed by atoms with E-state index in [2.05, 4.69) is 5.32 Å². The fourth-order valence-electron chi connectivity index (χ4n) is 2.34. The van der Waals surface area contributed by atoms with Crippen LogP contribution in [0.25, 0.3) is 6.08 Å². The number of halogens is 2. The molecule has 3 rings (SSSR count).